The van der Waals surface area contributed by atoms with E-state index in [1.165, 1.54) is 0 Å². The number of phenols is 1. The lowest BCUT2D eigenvalue weighted by molar-refractivity contribution is 0.0733. The van der Waals surface area contributed by atoms with E-state index >= 15 is 0 Å². The van der Waals surface area contributed by atoms with Crippen molar-refractivity contribution in [3.8, 4) is 5.75 Å². The van der Waals surface area contributed by atoms with Gasteiger partial charge in [-0.3, -0.25) is 9.78 Å². The van der Waals surface area contributed by atoms with E-state index in [2.05, 4.69) is 28.8 Å². The first kappa shape index (κ1) is 16.4. The molecule has 1 N–H and O–H groups in total. The van der Waals surface area contributed by atoms with Gasteiger partial charge in [0.2, 0.25) is 0 Å². The molecule has 132 valence electrons. The molecule has 2 aromatic heterocycles. The number of pyridine rings is 1. The molecule has 0 saturated heterocycles. The predicted molar refractivity (Wildman–Crippen MR) is 98.0 cm³/mol. The fourth-order valence-electron chi connectivity index (χ4n) is 3.19. The van der Waals surface area contributed by atoms with Crippen molar-refractivity contribution in [2.24, 2.45) is 0 Å². The number of fused-ring (bicyclic) bond motifs is 2. The number of aromatic nitrogens is 3. The third-order valence-corrected chi connectivity index (χ3v) is 4.67. The number of carbonyl (C=O) groups is 1. The molecule has 0 atom stereocenters. The lowest BCUT2D eigenvalue weighted by Gasteiger charge is -2.28. The molecule has 0 aliphatic carbocycles. The van der Waals surface area contributed by atoms with Gasteiger partial charge in [0.25, 0.3) is 5.91 Å². The van der Waals surface area contributed by atoms with Gasteiger partial charge in [0.15, 0.2) is 0 Å². The smallest absolute Gasteiger partial charge is 0.255 e. The third-order valence-electron chi connectivity index (χ3n) is 4.67. The number of hydrogen-bond acceptors (Lipinski definition) is 5. The molecule has 0 bridgehead atoms. The van der Waals surface area contributed by atoms with Crippen LogP contribution in [0.25, 0.3) is 10.9 Å². The summed E-state index contributed by atoms with van der Waals surface area (Å²) >= 11 is 0. The van der Waals surface area contributed by atoms with Crippen LogP contribution < -0.4 is 0 Å². The van der Waals surface area contributed by atoms with E-state index in [1.54, 1.807) is 24.4 Å². The Morgan fingerprint density at radius 1 is 1.19 bits per heavy atom. The van der Waals surface area contributed by atoms with Crippen LogP contribution in [-0.2, 0) is 13.0 Å². The fourth-order valence-corrected chi connectivity index (χ4v) is 3.19. The van der Waals surface area contributed by atoms with Gasteiger partial charge in [0, 0.05) is 54.8 Å². The monoisotopic (exact) mass is 348 g/mol. The molecule has 4 rings (SSSR count). The second-order valence-corrected chi connectivity index (χ2v) is 6.93. The van der Waals surface area contributed by atoms with E-state index < -0.39 is 0 Å². The van der Waals surface area contributed by atoms with Gasteiger partial charge in [-0.05, 0) is 18.2 Å². The summed E-state index contributed by atoms with van der Waals surface area (Å²) in [5.41, 5.74) is 3.26. The van der Waals surface area contributed by atoms with Crippen LogP contribution in [0.2, 0.25) is 0 Å². The van der Waals surface area contributed by atoms with Crippen molar-refractivity contribution < 1.29 is 9.90 Å². The summed E-state index contributed by atoms with van der Waals surface area (Å²) in [6.07, 6.45) is 4.15. The number of amides is 1. The Balaban J connectivity index is 1.58. The highest BCUT2D eigenvalue weighted by Crippen LogP contribution is 2.23. The van der Waals surface area contributed by atoms with E-state index in [9.17, 15) is 9.90 Å². The van der Waals surface area contributed by atoms with Crippen LogP contribution in [0.3, 0.4) is 0 Å². The summed E-state index contributed by atoms with van der Waals surface area (Å²) in [6, 6.07) is 6.77. The average Bonchev–Trinajstić information content (AvgIpc) is 2.66. The molecule has 0 spiro atoms. The minimum atomic E-state index is -0.0499. The first-order chi connectivity index (χ1) is 12.5. The summed E-state index contributed by atoms with van der Waals surface area (Å²) in [4.78, 5) is 28.1. The molecule has 1 aliphatic heterocycles. The van der Waals surface area contributed by atoms with E-state index in [1.807, 2.05) is 17.2 Å². The Bertz CT molecular complexity index is 1000. The van der Waals surface area contributed by atoms with Crippen LogP contribution in [0.15, 0.2) is 36.7 Å². The topological polar surface area (TPSA) is 79.2 Å². The van der Waals surface area contributed by atoms with Crippen molar-refractivity contribution in [3.63, 3.8) is 0 Å². The van der Waals surface area contributed by atoms with Crippen molar-refractivity contribution in [2.45, 2.75) is 32.7 Å². The van der Waals surface area contributed by atoms with Crippen molar-refractivity contribution in [2.75, 3.05) is 6.54 Å². The predicted octanol–water partition coefficient (Wildman–Crippen LogP) is 3.05. The van der Waals surface area contributed by atoms with Gasteiger partial charge >= 0.3 is 0 Å². The van der Waals surface area contributed by atoms with Gasteiger partial charge in [0.05, 0.1) is 16.8 Å². The Morgan fingerprint density at radius 2 is 2.04 bits per heavy atom. The lowest BCUT2D eigenvalue weighted by atomic mass is 10.0. The van der Waals surface area contributed by atoms with Crippen LogP contribution in [-0.4, -0.2) is 37.4 Å². The maximum Gasteiger partial charge on any atom is 0.255 e. The SMILES string of the molecule is CC(C)c1ncc2c(n1)CCN(C(=O)c1cnc3cc(O)ccc3c1)C2. The normalized spacial score (nSPS) is 13.9. The summed E-state index contributed by atoms with van der Waals surface area (Å²) in [5, 5.41) is 10.4. The van der Waals surface area contributed by atoms with Crippen molar-refractivity contribution in [1.29, 1.82) is 0 Å². The van der Waals surface area contributed by atoms with Crippen LogP contribution in [0.5, 0.6) is 5.75 Å². The minimum absolute atomic E-state index is 0.0499. The quantitative estimate of drug-likeness (QED) is 0.770. The first-order valence-corrected chi connectivity index (χ1v) is 8.74. The van der Waals surface area contributed by atoms with Gasteiger partial charge in [-0.15, -0.1) is 0 Å². The molecule has 6 nitrogen and oxygen atoms in total. The molecular weight excluding hydrogens is 328 g/mol. The zero-order valence-electron chi connectivity index (χ0n) is 14.8. The number of rotatable bonds is 2. The number of nitrogens with zero attached hydrogens (tertiary/aromatic N) is 4. The van der Waals surface area contributed by atoms with Gasteiger partial charge in [0.1, 0.15) is 11.6 Å². The Hall–Kier alpha value is -3.02. The molecule has 0 radical (unpaired) electrons. The van der Waals surface area contributed by atoms with Crippen molar-refractivity contribution in [3.05, 3.63) is 59.3 Å². The van der Waals surface area contributed by atoms with E-state index in [-0.39, 0.29) is 11.7 Å². The summed E-state index contributed by atoms with van der Waals surface area (Å²) < 4.78 is 0. The van der Waals surface area contributed by atoms with Gasteiger partial charge < -0.3 is 10.0 Å². The van der Waals surface area contributed by atoms with Crippen molar-refractivity contribution in [1.82, 2.24) is 19.9 Å². The number of aromatic hydroxyl groups is 1. The second-order valence-electron chi connectivity index (χ2n) is 6.93. The van der Waals surface area contributed by atoms with Crippen LogP contribution in [0.1, 0.15) is 47.2 Å². The maximum absolute atomic E-state index is 12.9. The maximum atomic E-state index is 12.9. The first-order valence-electron chi connectivity index (χ1n) is 8.74. The molecule has 0 unspecified atom stereocenters. The summed E-state index contributed by atoms with van der Waals surface area (Å²) in [6.45, 7) is 5.30. The Morgan fingerprint density at radius 3 is 2.85 bits per heavy atom. The Labute approximate surface area is 151 Å². The lowest BCUT2D eigenvalue weighted by Crippen LogP contribution is -2.36. The van der Waals surface area contributed by atoms with Crippen LogP contribution in [0, 0.1) is 0 Å². The highest BCUT2D eigenvalue weighted by molar-refractivity contribution is 5.97. The van der Waals surface area contributed by atoms with Crippen molar-refractivity contribution >= 4 is 16.8 Å². The standard InChI is InChI=1S/C20H20N4O2/c1-12(2)19-22-10-15-11-24(6-5-17(15)23-19)20(26)14-7-13-3-4-16(25)8-18(13)21-9-14/h3-4,7-10,12,25H,5-6,11H2,1-2H3. The highest BCUT2D eigenvalue weighted by atomic mass is 16.3. The molecule has 1 amide bonds. The van der Waals surface area contributed by atoms with Crippen LogP contribution in [0.4, 0.5) is 0 Å². The largest absolute Gasteiger partial charge is 0.508 e. The van der Waals surface area contributed by atoms with Crippen LogP contribution >= 0.6 is 0 Å². The molecule has 3 aromatic rings. The van der Waals surface area contributed by atoms with Gasteiger partial charge in [-0.2, -0.15) is 0 Å². The average molecular weight is 348 g/mol. The summed E-state index contributed by atoms with van der Waals surface area (Å²) in [7, 11) is 0. The second kappa shape index (κ2) is 6.37. The third kappa shape index (κ3) is 2.98. The molecule has 0 fully saturated rings. The highest BCUT2D eigenvalue weighted by Gasteiger charge is 2.24. The minimum Gasteiger partial charge on any atom is -0.508 e. The molecule has 1 aromatic carbocycles. The number of hydrogen-bond donors (Lipinski definition) is 1. The van der Waals surface area contributed by atoms with Gasteiger partial charge in [-0.1, -0.05) is 13.8 Å². The summed E-state index contributed by atoms with van der Waals surface area (Å²) in [5.74, 6) is 1.26. The molecule has 26 heavy (non-hydrogen) atoms. The number of benzene rings is 1. The Kier molecular flexibility index (Phi) is 4.03. The number of carbonyl (C=O) groups excluding carboxylic acids is 1. The van der Waals surface area contributed by atoms with E-state index in [0.717, 1.165) is 28.9 Å². The molecule has 0 saturated carbocycles. The zero-order valence-corrected chi connectivity index (χ0v) is 14.8. The molecule has 6 heteroatoms. The number of phenolic OH excluding ortho intramolecular Hbond substituents is 1. The molecule has 3 heterocycles. The molecular formula is C20H20N4O2. The van der Waals surface area contributed by atoms with E-state index in [0.29, 0.717) is 30.1 Å². The zero-order chi connectivity index (χ0) is 18.3. The van der Waals surface area contributed by atoms with Gasteiger partial charge in [-0.25, -0.2) is 9.97 Å². The molecule has 1 aliphatic rings. The van der Waals surface area contributed by atoms with E-state index in [4.69, 9.17) is 0 Å². The fraction of sp³-hybridized carbons (Fsp3) is 0.300.